The molecule has 2 aliphatic heterocycles. The second-order valence-electron chi connectivity index (χ2n) is 7.05. The van der Waals surface area contributed by atoms with E-state index in [1.807, 2.05) is 0 Å². The van der Waals surface area contributed by atoms with Crippen molar-refractivity contribution in [1.29, 1.82) is 0 Å². The van der Waals surface area contributed by atoms with Crippen molar-refractivity contribution in [2.45, 2.75) is 51.0 Å². The van der Waals surface area contributed by atoms with Gasteiger partial charge in [0.25, 0.3) is 0 Å². The van der Waals surface area contributed by atoms with Crippen LogP contribution in [0.5, 0.6) is 0 Å². The van der Waals surface area contributed by atoms with Crippen LogP contribution in [-0.4, -0.2) is 48.0 Å². The van der Waals surface area contributed by atoms with Gasteiger partial charge in [-0.1, -0.05) is 12.2 Å². The lowest BCUT2D eigenvalue weighted by Crippen LogP contribution is -2.45. The second kappa shape index (κ2) is 8.39. The van der Waals surface area contributed by atoms with Crippen LogP contribution in [0.3, 0.4) is 0 Å². The van der Waals surface area contributed by atoms with Gasteiger partial charge in [-0.3, -0.25) is 4.79 Å². The van der Waals surface area contributed by atoms with E-state index in [1.165, 1.54) is 50.3 Å². The molecule has 124 valence electrons. The zero-order valence-electron chi connectivity index (χ0n) is 13.6. The van der Waals surface area contributed by atoms with Gasteiger partial charge in [0.1, 0.15) is 0 Å². The van der Waals surface area contributed by atoms with Crippen molar-refractivity contribution in [2.24, 2.45) is 11.8 Å². The second-order valence-corrected chi connectivity index (χ2v) is 8.27. The van der Waals surface area contributed by atoms with Gasteiger partial charge in [-0.2, -0.15) is 11.8 Å². The van der Waals surface area contributed by atoms with Crippen LogP contribution in [0.1, 0.15) is 44.9 Å². The van der Waals surface area contributed by atoms with Gasteiger partial charge in [-0.25, -0.2) is 0 Å². The topological polar surface area (TPSA) is 32.3 Å². The van der Waals surface area contributed by atoms with Crippen molar-refractivity contribution in [3.8, 4) is 0 Å². The van der Waals surface area contributed by atoms with E-state index in [0.29, 0.717) is 5.92 Å². The summed E-state index contributed by atoms with van der Waals surface area (Å²) in [4.78, 5) is 14.9. The Balaban J connectivity index is 1.35. The summed E-state index contributed by atoms with van der Waals surface area (Å²) in [6, 6.07) is 0.839. The Labute approximate surface area is 139 Å². The summed E-state index contributed by atoms with van der Waals surface area (Å²) >= 11 is 2.11. The molecule has 2 saturated heterocycles. The Kier molecular flexibility index (Phi) is 6.25. The Bertz CT molecular complexity index is 385. The number of likely N-dealkylation sites (tertiary alicyclic amines) is 1. The molecule has 22 heavy (non-hydrogen) atoms. The highest BCUT2D eigenvalue weighted by atomic mass is 32.2. The number of thioether (sulfide) groups is 1. The predicted octanol–water partition coefficient (Wildman–Crippen LogP) is 3.07. The van der Waals surface area contributed by atoms with Crippen molar-refractivity contribution in [3.63, 3.8) is 0 Å². The number of amides is 1. The van der Waals surface area contributed by atoms with Gasteiger partial charge in [-0.15, -0.1) is 0 Å². The van der Waals surface area contributed by atoms with Gasteiger partial charge in [0.15, 0.2) is 0 Å². The maximum Gasteiger partial charge on any atom is 0.223 e. The average molecular weight is 323 g/mol. The first-order valence-electron chi connectivity index (χ1n) is 9.07. The normalized spacial score (nSPS) is 28.6. The number of hydrogen-bond donors (Lipinski definition) is 1. The standard InChI is InChI=1S/C18H30N2OS/c21-18(16-4-2-1-3-5-16)19-14-15-6-10-20(11-7-15)17-8-12-22-13-9-17/h1-2,15-17H,3-14H2,(H,19,21). The molecule has 1 aliphatic carbocycles. The predicted molar refractivity (Wildman–Crippen MR) is 94.1 cm³/mol. The van der Waals surface area contributed by atoms with Gasteiger partial charge in [0, 0.05) is 18.5 Å². The Morgan fingerprint density at radius 3 is 2.55 bits per heavy atom. The molecular formula is C18H30N2OS. The molecule has 0 radical (unpaired) electrons. The SMILES string of the molecule is O=C(NCC1CCN(C2CCSCC2)CC1)C1CC=CCC1. The molecule has 1 atom stereocenters. The highest BCUT2D eigenvalue weighted by molar-refractivity contribution is 7.99. The quantitative estimate of drug-likeness (QED) is 0.807. The van der Waals surface area contributed by atoms with Crippen LogP contribution in [0.4, 0.5) is 0 Å². The third-order valence-electron chi connectivity index (χ3n) is 5.56. The fourth-order valence-corrected chi connectivity index (χ4v) is 5.08. The number of nitrogens with zero attached hydrogens (tertiary/aromatic N) is 1. The zero-order valence-corrected chi connectivity index (χ0v) is 14.5. The molecule has 0 aromatic rings. The summed E-state index contributed by atoms with van der Waals surface area (Å²) in [6.07, 6.45) is 12.7. The third kappa shape index (κ3) is 4.51. The number of hydrogen-bond acceptors (Lipinski definition) is 3. The summed E-state index contributed by atoms with van der Waals surface area (Å²) in [5.74, 6) is 3.89. The first-order chi connectivity index (χ1) is 10.8. The summed E-state index contributed by atoms with van der Waals surface area (Å²) in [7, 11) is 0. The van der Waals surface area contributed by atoms with Gasteiger partial charge < -0.3 is 10.2 Å². The fraction of sp³-hybridized carbons (Fsp3) is 0.833. The van der Waals surface area contributed by atoms with Crippen LogP contribution >= 0.6 is 11.8 Å². The van der Waals surface area contributed by atoms with E-state index in [-0.39, 0.29) is 11.8 Å². The molecule has 3 nitrogen and oxygen atoms in total. The molecule has 1 unspecified atom stereocenters. The highest BCUT2D eigenvalue weighted by Crippen LogP contribution is 2.26. The van der Waals surface area contributed by atoms with Crippen molar-refractivity contribution >= 4 is 17.7 Å². The molecule has 3 aliphatic rings. The van der Waals surface area contributed by atoms with E-state index >= 15 is 0 Å². The summed E-state index contributed by atoms with van der Waals surface area (Å²) in [6.45, 7) is 3.37. The molecule has 2 fully saturated rings. The minimum Gasteiger partial charge on any atom is -0.356 e. The third-order valence-corrected chi connectivity index (χ3v) is 6.61. The lowest BCUT2D eigenvalue weighted by molar-refractivity contribution is -0.125. The highest BCUT2D eigenvalue weighted by Gasteiger charge is 2.27. The molecule has 2 heterocycles. The average Bonchev–Trinajstić information content (AvgIpc) is 2.61. The van der Waals surface area contributed by atoms with E-state index in [0.717, 1.165) is 31.8 Å². The number of carbonyl (C=O) groups is 1. The number of allylic oxidation sites excluding steroid dienone is 2. The first-order valence-corrected chi connectivity index (χ1v) is 10.2. The number of carbonyl (C=O) groups excluding carboxylic acids is 1. The monoisotopic (exact) mass is 322 g/mol. The van der Waals surface area contributed by atoms with Crippen LogP contribution in [-0.2, 0) is 4.79 Å². The van der Waals surface area contributed by atoms with E-state index in [9.17, 15) is 4.79 Å². The summed E-state index contributed by atoms with van der Waals surface area (Å²) in [5, 5.41) is 3.22. The van der Waals surface area contributed by atoms with Crippen LogP contribution in [0, 0.1) is 11.8 Å². The van der Waals surface area contributed by atoms with Gasteiger partial charge in [0.05, 0.1) is 0 Å². The van der Waals surface area contributed by atoms with Crippen molar-refractivity contribution in [2.75, 3.05) is 31.1 Å². The Hall–Kier alpha value is -0.480. The number of piperidine rings is 1. The minimum absolute atomic E-state index is 0.227. The van der Waals surface area contributed by atoms with E-state index < -0.39 is 0 Å². The van der Waals surface area contributed by atoms with Crippen LogP contribution in [0.2, 0.25) is 0 Å². The molecular weight excluding hydrogens is 292 g/mol. The number of nitrogens with one attached hydrogen (secondary N) is 1. The molecule has 1 N–H and O–H groups in total. The zero-order chi connectivity index (χ0) is 15.2. The molecule has 0 bridgehead atoms. The molecule has 0 saturated carbocycles. The lowest BCUT2D eigenvalue weighted by Gasteiger charge is -2.39. The van der Waals surface area contributed by atoms with Gasteiger partial charge >= 0.3 is 0 Å². The van der Waals surface area contributed by atoms with Crippen LogP contribution < -0.4 is 5.32 Å². The molecule has 4 heteroatoms. The first kappa shape index (κ1) is 16.4. The van der Waals surface area contributed by atoms with Crippen LogP contribution in [0.25, 0.3) is 0 Å². The van der Waals surface area contributed by atoms with E-state index in [1.54, 1.807) is 0 Å². The maximum absolute atomic E-state index is 12.2. The van der Waals surface area contributed by atoms with Crippen molar-refractivity contribution < 1.29 is 4.79 Å². The molecule has 3 rings (SSSR count). The smallest absolute Gasteiger partial charge is 0.223 e. The molecule has 0 aromatic heterocycles. The largest absolute Gasteiger partial charge is 0.356 e. The van der Waals surface area contributed by atoms with E-state index in [4.69, 9.17) is 0 Å². The molecule has 1 amide bonds. The summed E-state index contributed by atoms with van der Waals surface area (Å²) in [5.41, 5.74) is 0. The fourth-order valence-electron chi connectivity index (χ4n) is 3.99. The van der Waals surface area contributed by atoms with E-state index in [2.05, 4.69) is 34.1 Å². The Morgan fingerprint density at radius 2 is 1.86 bits per heavy atom. The lowest BCUT2D eigenvalue weighted by atomic mass is 9.92. The van der Waals surface area contributed by atoms with Gasteiger partial charge in [0.2, 0.25) is 5.91 Å². The maximum atomic E-state index is 12.2. The Morgan fingerprint density at radius 1 is 1.09 bits per heavy atom. The van der Waals surface area contributed by atoms with Crippen molar-refractivity contribution in [1.82, 2.24) is 10.2 Å². The molecule has 0 spiro atoms. The van der Waals surface area contributed by atoms with Crippen molar-refractivity contribution in [3.05, 3.63) is 12.2 Å². The summed E-state index contributed by atoms with van der Waals surface area (Å²) < 4.78 is 0. The number of rotatable bonds is 4. The minimum atomic E-state index is 0.227. The molecule has 0 aromatic carbocycles. The van der Waals surface area contributed by atoms with Gasteiger partial charge in [-0.05, 0) is 75.5 Å². The van der Waals surface area contributed by atoms with Crippen LogP contribution in [0.15, 0.2) is 12.2 Å².